The van der Waals surface area contributed by atoms with Crippen LogP contribution in [0.4, 0.5) is 0 Å². The van der Waals surface area contributed by atoms with Gasteiger partial charge in [0.05, 0.1) is 19.8 Å². The number of carbonyl (C=O) groups excluding carboxylic acids is 3. The second-order valence-electron chi connectivity index (χ2n) is 5.19. The Kier molecular flexibility index (Phi) is 6.15. The summed E-state index contributed by atoms with van der Waals surface area (Å²) in [6, 6.07) is 0. The van der Waals surface area contributed by atoms with Gasteiger partial charge in [-0.15, -0.1) is 0 Å². The van der Waals surface area contributed by atoms with Crippen molar-refractivity contribution >= 4 is 17.6 Å². The van der Waals surface area contributed by atoms with Crippen molar-refractivity contribution in [2.75, 3.05) is 19.8 Å². The zero-order valence-electron chi connectivity index (χ0n) is 12.0. The fourth-order valence-electron chi connectivity index (χ4n) is 2.09. The Morgan fingerprint density at radius 3 is 2.58 bits per heavy atom. The predicted molar refractivity (Wildman–Crippen MR) is 70.4 cm³/mol. The number of ether oxygens (including phenoxy) is 1. The quantitative estimate of drug-likeness (QED) is 0.493. The third-order valence-corrected chi connectivity index (χ3v) is 3.46. The van der Waals surface area contributed by atoms with Crippen LogP contribution in [-0.2, 0) is 19.1 Å². The van der Waals surface area contributed by atoms with E-state index in [-0.39, 0.29) is 29.4 Å². The van der Waals surface area contributed by atoms with Crippen LogP contribution in [0.5, 0.6) is 0 Å². The number of hydrogen-bond acceptors (Lipinski definition) is 4. The largest absolute Gasteiger partial charge is 0.379 e. The molecule has 5 nitrogen and oxygen atoms in total. The summed E-state index contributed by atoms with van der Waals surface area (Å²) in [7, 11) is 0. The molecule has 1 saturated heterocycles. The first-order valence-electron chi connectivity index (χ1n) is 6.91. The van der Waals surface area contributed by atoms with Crippen molar-refractivity contribution in [3.8, 4) is 0 Å². The van der Waals surface area contributed by atoms with Gasteiger partial charge in [-0.05, 0) is 5.92 Å². The summed E-state index contributed by atoms with van der Waals surface area (Å²) in [6.07, 6.45) is 1.22. The standard InChI is InChI=1S/C14H23NO4/c1-4-11(16)5-7-19-8-6-15-13(17)9-12(10(2)3)14(15)18/h10,12H,4-9H2,1-3H3. The Morgan fingerprint density at radius 1 is 1.37 bits per heavy atom. The molecular weight excluding hydrogens is 246 g/mol. The average molecular weight is 269 g/mol. The molecule has 2 amide bonds. The predicted octanol–water partition coefficient (Wildman–Crippen LogP) is 1.40. The van der Waals surface area contributed by atoms with Crippen molar-refractivity contribution in [3.05, 3.63) is 0 Å². The molecule has 1 heterocycles. The topological polar surface area (TPSA) is 63.7 Å². The first-order chi connectivity index (χ1) is 8.97. The summed E-state index contributed by atoms with van der Waals surface area (Å²) in [5.41, 5.74) is 0. The molecule has 1 fully saturated rings. The highest BCUT2D eigenvalue weighted by Crippen LogP contribution is 2.25. The first kappa shape index (κ1) is 15.8. The van der Waals surface area contributed by atoms with Crippen LogP contribution >= 0.6 is 0 Å². The van der Waals surface area contributed by atoms with Crippen LogP contribution < -0.4 is 0 Å². The second kappa shape index (κ2) is 7.38. The van der Waals surface area contributed by atoms with Gasteiger partial charge in [-0.25, -0.2) is 0 Å². The van der Waals surface area contributed by atoms with E-state index < -0.39 is 0 Å². The van der Waals surface area contributed by atoms with Gasteiger partial charge in [0.15, 0.2) is 0 Å². The van der Waals surface area contributed by atoms with Crippen molar-refractivity contribution in [2.24, 2.45) is 11.8 Å². The van der Waals surface area contributed by atoms with Crippen molar-refractivity contribution in [3.63, 3.8) is 0 Å². The fraction of sp³-hybridized carbons (Fsp3) is 0.786. The zero-order chi connectivity index (χ0) is 14.4. The number of amides is 2. The highest BCUT2D eigenvalue weighted by molar-refractivity contribution is 6.03. The minimum Gasteiger partial charge on any atom is -0.379 e. The molecule has 0 bridgehead atoms. The van der Waals surface area contributed by atoms with Crippen molar-refractivity contribution in [2.45, 2.75) is 40.0 Å². The molecule has 0 aromatic heterocycles. The maximum Gasteiger partial charge on any atom is 0.233 e. The SMILES string of the molecule is CCC(=O)CCOCCN1C(=O)CC(C(C)C)C1=O. The molecule has 5 heteroatoms. The van der Waals surface area contributed by atoms with E-state index in [1.807, 2.05) is 20.8 Å². The minimum atomic E-state index is -0.186. The molecule has 0 saturated carbocycles. The number of carbonyl (C=O) groups is 3. The van der Waals surface area contributed by atoms with E-state index in [1.54, 1.807) is 0 Å². The molecule has 0 aromatic rings. The molecule has 1 aliphatic rings. The summed E-state index contributed by atoms with van der Waals surface area (Å²) < 4.78 is 5.29. The lowest BCUT2D eigenvalue weighted by molar-refractivity contribution is -0.140. The van der Waals surface area contributed by atoms with Gasteiger partial charge < -0.3 is 4.74 Å². The van der Waals surface area contributed by atoms with Crippen LogP contribution in [0.1, 0.15) is 40.0 Å². The Balaban J connectivity index is 2.28. The molecule has 1 atom stereocenters. The molecule has 0 radical (unpaired) electrons. The summed E-state index contributed by atoms with van der Waals surface area (Å²) in [5.74, 6) is -0.0444. The highest BCUT2D eigenvalue weighted by atomic mass is 16.5. The number of ketones is 1. The van der Waals surface area contributed by atoms with Gasteiger partial charge in [0.1, 0.15) is 5.78 Å². The van der Waals surface area contributed by atoms with E-state index in [1.165, 1.54) is 4.90 Å². The smallest absolute Gasteiger partial charge is 0.233 e. The van der Waals surface area contributed by atoms with Crippen molar-refractivity contribution in [1.29, 1.82) is 0 Å². The molecule has 108 valence electrons. The minimum absolute atomic E-state index is 0.0896. The number of nitrogens with zero attached hydrogens (tertiary/aromatic N) is 1. The van der Waals surface area contributed by atoms with E-state index in [9.17, 15) is 14.4 Å². The second-order valence-corrected chi connectivity index (χ2v) is 5.19. The van der Waals surface area contributed by atoms with Crippen LogP contribution in [0.2, 0.25) is 0 Å². The summed E-state index contributed by atoms with van der Waals surface area (Å²) in [4.78, 5) is 36.0. The lowest BCUT2D eigenvalue weighted by atomic mass is 9.94. The van der Waals surface area contributed by atoms with Crippen LogP contribution in [0.25, 0.3) is 0 Å². The molecule has 0 spiro atoms. The molecule has 1 rings (SSSR count). The summed E-state index contributed by atoms with van der Waals surface area (Å²) in [6.45, 7) is 6.67. The Bertz CT molecular complexity index is 351. The monoisotopic (exact) mass is 269 g/mol. The molecule has 0 aromatic carbocycles. The van der Waals surface area contributed by atoms with Crippen LogP contribution in [0.3, 0.4) is 0 Å². The van der Waals surface area contributed by atoms with Gasteiger partial charge in [0, 0.05) is 25.2 Å². The molecule has 1 unspecified atom stereocenters. The summed E-state index contributed by atoms with van der Waals surface area (Å²) >= 11 is 0. The molecule has 0 aliphatic carbocycles. The van der Waals surface area contributed by atoms with Crippen LogP contribution in [-0.4, -0.2) is 42.3 Å². The van der Waals surface area contributed by atoms with Gasteiger partial charge in [-0.1, -0.05) is 20.8 Å². The number of rotatable bonds is 8. The van der Waals surface area contributed by atoms with Crippen LogP contribution in [0.15, 0.2) is 0 Å². The van der Waals surface area contributed by atoms with Crippen molar-refractivity contribution in [1.82, 2.24) is 4.90 Å². The summed E-state index contributed by atoms with van der Waals surface area (Å²) in [5, 5.41) is 0. The third-order valence-electron chi connectivity index (χ3n) is 3.46. The average Bonchev–Trinajstić information content (AvgIpc) is 2.65. The lowest BCUT2D eigenvalue weighted by Crippen LogP contribution is -2.34. The lowest BCUT2D eigenvalue weighted by Gasteiger charge is -2.16. The zero-order valence-corrected chi connectivity index (χ0v) is 12.0. The van der Waals surface area contributed by atoms with E-state index in [4.69, 9.17) is 4.74 Å². The van der Waals surface area contributed by atoms with Gasteiger partial charge >= 0.3 is 0 Å². The Hall–Kier alpha value is -1.23. The Morgan fingerprint density at radius 2 is 2.05 bits per heavy atom. The van der Waals surface area contributed by atoms with E-state index in [2.05, 4.69) is 0 Å². The van der Waals surface area contributed by atoms with E-state index in [0.717, 1.165) is 0 Å². The third kappa shape index (κ3) is 4.42. The maximum atomic E-state index is 12.0. The van der Waals surface area contributed by atoms with Crippen molar-refractivity contribution < 1.29 is 19.1 Å². The van der Waals surface area contributed by atoms with E-state index in [0.29, 0.717) is 39.0 Å². The maximum absolute atomic E-state index is 12.0. The van der Waals surface area contributed by atoms with Crippen LogP contribution in [0, 0.1) is 11.8 Å². The number of likely N-dealkylation sites (tertiary alicyclic amines) is 1. The van der Waals surface area contributed by atoms with Gasteiger partial charge in [-0.3, -0.25) is 19.3 Å². The molecule has 19 heavy (non-hydrogen) atoms. The number of Topliss-reactive ketones (excluding diaryl/α,β-unsaturated/α-hetero) is 1. The number of imide groups is 1. The molecule has 0 N–H and O–H groups in total. The highest BCUT2D eigenvalue weighted by Gasteiger charge is 2.39. The Labute approximate surface area is 114 Å². The first-order valence-corrected chi connectivity index (χ1v) is 6.91. The van der Waals surface area contributed by atoms with Gasteiger partial charge in [-0.2, -0.15) is 0 Å². The normalized spacial score (nSPS) is 19.6. The number of hydrogen-bond donors (Lipinski definition) is 0. The molecular formula is C14H23NO4. The van der Waals surface area contributed by atoms with Gasteiger partial charge in [0.2, 0.25) is 11.8 Å². The molecule has 1 aliphatic heterocycles. The van der Waals surface area contributed by atoms with Gasteiger partial charge in [0.25, 0.3) is 0 Å². The fourth-order valence-corrected chi connectivity index (χ4v) is 2.09. The van der Waals surface area contributed by atoms with E-state index >= 15 is 0 Å².